The third-order valence-corrected chi connectivity index (χ3v) is 5.50. The molecule has 7 N–H and O–H groups in total. The number of allylic oxidation sites excluding steroid dienone is 3. The van der Waals surface area contributed by atoms with Crippen molar-refractivity contribution < 1.29 is 0 Å². The second kappa shape index (κ2) is 10.5. The summed E-state index contributed by atoms with van der Waals surface area (Å²) in [6.45, 7) is 4.14. The third-order valence-electron chi connectivity index (χ3n) is 5.50. The monoisotopic (exact) mass is 444 g/mol. The van der Waals surface area contributed by atoms with E-state index >= 15 is 0 Å². The summed E-state index contributed by atoms with van der Waals surface area (Å²) in [5, 5.41) is 14.3. The summed E-state index contributed by atoms with van der Waals surface area (Å²) >= 11 is 0. The smallest absolute Gasteiger partial charge is 0.120 e. The SMILES string of the molecule is CN/C=C(\C=N)c1cnc2c(c1-c1cccnc1)N(C)C(N/C(N)=C/C(=C\N)C(C)C)C=C2. The zero-order valence-corrected chi connectivity index (χ0v) is 19.5. The van der Waals surface area contributed by atoms with E-state index in [1.807, 2.05) is 50.7 Å². The van der Waals surface area contributed by atoms with Gasteiger partial charge in [-0.3, -0.25) is 9.97 Å². The maximum absolute atomic E-state index is 7.94. The summed E-state index contributed by atoms with van der Waals surface area (Å²) < 4.78 is 0. The number of aromatic nitrogens is 2. The van der Waals surface area contributed by atoms with Gasteiger partial charge < -0.3 is 32.4 Å². The van der Waals surface area contributed by atoms with Crippen molar-refractivity contribution in [3.63, 3.8) is 0 Å². The number of anilines is 1. The highest BCUT2D eigenvalue weighted by atomic mass is 15.3. The predicted molar refractivity (Wildman–Crippen MR) is 137 cm³/mol. The molecule has 172 valence electrons. The fraction of sp³-hybridized carbons (Fsp3) is 0.240. The van der Waals surface area contributed by atoms with Gasteiger partial charge in [0.25, 0.3) is 0 Å². The Morgan fingerprint density at radius 3 is 2.70 bits per heavy atom. The molecule has 1 unspecified atom stereocenters. The standard InChI is InChI=1S/C25H32N8/c1-16(2)18(11-26)10-22(28)32-23-8-7-21-25(33(23)4)24(17-6-5-9-30-14-17)20(15-31-21)19(12-27)13-29-3/h5-16,23,27,29,32H,26,28H2,1-4H3/b18-11+,19-13+,22-10+,27-12?. The lowest BCUT2D eigenvalue weighted by molar-refractivity contribution is 0.642. The second-order valence-electron chi connectivity index (χ2n) is 8.04. The molecule has 3 rings (SSSR count). The van der Waals surface area contributed by atoms with Crippen LogP contribution in [0.15, 0.2) is 66.7 Å². The van der Waals surface area contributed by atoms with Crippen LogP contribution in [-0.4, -0.2) is 36.4 Å². The Morgan fingerprint density at radius 2 is 2.09 bits per heavy atom. The summed E-state index contributed by atoms with van der Waals surface area (Å²) in [5.74, 6) is 0.783. The molecule has 1 atom stereocenters. The highest BCUT2D eigenvalue weighted by Gasteiger charge is 2.26. The quantitative estimate of drug-likeness (QED) is 0.313. The molecular formula is C25H32N8. The van der Waals surface area contributed by atoms with Gasteiger partial charge >= 0.3 is 0 Å². The van der Waals surface area contributed by atoms with E-state index in [-0.39, 0.29) is 12.1 Å². The average Bonchev–Trinajstić information content (AvgIpc) is 2.82. The lowest BCUT2D eigenvalue weighted by atomic mass is 9.93. The first kappa shape index (κ1) is 23.6. The summed E-state index contributed by atoms with van der Waals surface area (Å²) in [4.78, 5) is 11.1. The summed E-state index contributed by atoms with van der Waals surface area (Å²) in [7, 11) is 3.80. The molecule has 33 heavy (non-hydrogen) atoms. The van der Waals surface area contributed by atoms with Gasteiger partial charge in [0.15, 0.2) is 0 Å². The summed E-state index contributed by atoms with van der Waals surface area (Å²) in [6, 6.07) is 3.91. The molecule has 2 aromatic heterocycles. The topological polar surface area (TPSA) is 129 Å². The number of pyridine rings is 2. The Labute approximate surface area is 195 Å². The zero-order valence-electron chi connectivity index (χ0n) is 19.5. The van der Waals surface area contributed by atoms with Gasteiger partial charge in [-0.2, -0.15) is 0 Å². The molecule has 8 heteroatoms. The first-order valence-corrected chi connectivity index (χ1v) is 10.8. The number of rotatable bonds is 8. The van der Waals surface area contributed by atoms with Crippen molar-refractivity contribution in [2.24, 2.45) is 17.4 Å². The minimum Gasteiger partial charge on any atom is -0.404 e. The van der Waals surface area contributed by atoms with E-state index in [9.17, 15) is 0 Å². The third kappa shape index (κ3) is 5.06. The molecule has 0 saturated heterocycles. The lowest BCUT2D eigenvalue weighted by Gasteiger charge is -2.35. The molecule has 0 aromatic carbocycles. The van der Waals surface area contributed by atoms with Gasteiger partial charge in [0.2, 0.25) is 0 Å². The van der Waals surface area contributed by atoms with E-state index in [4.69, 9.17) is 16.9 Å². The normalized spacial score (nSPS) is 16.6. The van der Waals surface area contributed by atoms with Crippen LogP contribution in [0.5, 0.6) is 0 Å². The van der Waals surface area contributed by atoms with E-state index in [1.165, 1.54) is 6.21 Å². The Morgan fingerprint density at radius 1 is 1.30 bits per heavy atom. The van der Waals surface area contributed by atoms with Crippen LogP contribution in [0.4, 0.5) is 5.69 Å². The van der Waals surface area contributed by atoms with Crippen LogP contribution in [0.3, 0.4) is 0 Å². The minimum absolute atomic E-state index is 0.205. The van der Waals surface area contributed by atoms with Crippen molar-refractivity contribution in [1.82, 2.24) is 20.6 Å². The van der Waals surface area contributed by atoms with Crippen molar-refractivity contribution in [3.8, 4) is 11.1 Å². The van der Waals surface area contributed by atoms with Crippen LogP contribution in [0.25, 0.3) is 22.8 Å². The van der Waals surface area contributed by atoms with Crippen LogP contribution in [0.1, 0.15) is 25.1 Å². The molecular weight excluding hydrogens is 412 g/mol. The maximum Gasteiger partial charge on any atom is 0.120 e. The first-order valence-electron chi connectivity index (χ1n) is 10.8. The van der Waals surface area contributed by atoms with E-state index in [0.29, 0.717) is 11.4 Å². The molecule has 0 bridgehead atoms. The zero-order chi connectivity index (χ0) is 24.0. The summed E-state index contributed by atoms with van der Waals surface area (Å²) in [6.07, 6.45) is 15.7. The van der Waals surface area contributed by atoms with Crippen molar-refractivity contribution >= 4 is 23.6 Å². The van der Waals surface area contributed by atoms with Gasteiger partial charge in [-0.1, -0.05) is 19.9 Å². The molecule has 0 amide bonds. The Kier molecular flexibility index (Phi) is 7.50. The predicted octanol–water partition coefficient (Wildman–Crippen LogP) is 3.03. The van der Waals surface area contributed by atoms with Crippen LogP contribution < -0.4 is 27.0 Å². The molecule has 2 aromatic rings. The van der Waals surface area contributed by atoms with E-state index in [1.54, 1.807) is 24.8 Å². The second-order valence-corrected chi connectivity index (χ2v) is 8.04. The molecule has 0 radical (unpaired) electrons. The van der Waals surface area contributed by atoms with Crippen LogP contribution in [-0.2, 0) is 0 Å². The minimum atomic E-state index is -0.205. The summed E-state index contributed by atoms with van der Waals surface area (Å²) in [5.41, 5.74) is 18.2. The highest BCUT2D eigenvalue weighted by Crippen LogP contribution is 2.40. The molecule has 0 spiro atoms. The van der Waals surface area contributed by atoms with Crippen LogP contribution >= 0.6 is 0 Å². The fourth-order valence-electron chi connectivity index (χ4n) is 3.76. The van der Waals surface area contributed by atoms with Gasteiger partial charge in [0.05, 0.1) is 17.2 Å². The number of likely N-dealkylation sites (N-methyl/N-ethyl adjacent to an activating group) is 1. The molecule has 0 fully saturated rings. The van der Waals surface area contributed by atoms with Gasteiger partial charge in [0, 0.05) is 67.4 Å². The molecule has 1 aliphatic rings. The average molecular weight is 445 g/mol. The number of nitrogens with two attached hydrogens (primary N) is 2. The Balaban J connectivity index is 2.11. The van der Waals surface area contributed by atoms with Crippen molar-refractivity contribution in [1.29, 1.82) is 5.41 Å². The van der Waals surface area contributed by atoms with Crippen LogP contribution in [0.2, 0.25) is 0 Å². The first-order chi connectivity index (χ1) is 15.9. The largest absolute Gasteiger partial charge is 0.404 e. The Bertz CT molecular complexity index is 1110. The number of hydrogen-bond acceptors (Lipinski definition) is 8. The number of nitrogens with one attached hydrogen (secondary N) is 3. The molecule has 0 saturated carbocycles. The maximum atomic E-state index is 7.94. The lowest BCUT2D eigenvalue weighted by Crippen LogP contribution is -2.45. The van der Waals surface area contributed by atoms with Crippen molar-refractivity contribution in [2.75, 3.05) is 19.0 Å². The number of nitrogens with zero attached hydrogens (tertiary/aromatic N) is 3. The molecule has 1 aliphatic heterocycles. The van der Waals surface area contributed by atoms with Gasteiger partial charge in [0.1, 0.15) is 6.17 Å². The van der Waals surface area contributed by atoms with Gasteiger partial charge in [-0.05, 0) is 42.0 Å². The fourth-order valence-corrected chi connectivity index (χ4v) is 3.76. The Hall–Kier alpha value is -4.07. The molecule has 3 heterocycles. The van der Waals surface area contributed by atoms with E-state index < -0.39 is 0 Å². The van der Waals surface area contributed by atoms with E-state index in [0.717, 1.165) is 33.6 Å². The van der Waals surface area contributed by atoms with E-state index in [2.05, 4.69) is 39.3 Å². The molecule has 8 nitrogen and oxygen atoms in total. The number of hydrogen-bond donors (Lipinski definition) is 5. The van der Waals surface area contributed by atoms with Gasteiger partial charge in [-0.25, -0.2) is 0 Å². The van der Waals surface area contributed by atoms with Crippen molar-refractivity contribution in [2.45, 2.75) is 20.0 Å². The highest BCUT2D eigenvalue weighted by molar-refractivity contribution is 6.12. The van der Waals surface area contributed by atoms with Gasteiger partial charge in [-0.15, -0.1) is 0 Å². The number of fused-ring (bicyclic) bond motifs is 1. The van der Waals surface area contributed by atoms with Crippen LogP contribution in [0, 0.1) is 11.3 Å². The molecule has 0 aliphatic carbocycles. The van der Waals surface area contributed by atoms with Crippen molar-refractivity contribution in [3.05, 3.63) is 77.9 Å².